The molecule has 0 rings (SSSR count). The average molecular weight is 396 g/mol. The number of nitrogens with zero attached hydrogens (tertiary/aromatic N) is 1. The summed E-state index contributed by atoms with van der Waals surface area (Å²) in [5, 5.41) is 0. The number of hydrogen-bond donors (Lipinski definition) is 0. The highest BCUT2D eigenvalue weighted by Crippen LogP contribution is 2.16. The largest absolute Gasteiger partial charge is 0.748 e. The van der Waals surface area contributed by atoms with E-state index in [1.54, 1.807) is 7.11 Å². The summed E-state index contributed by atoms with van der Waals surface area (Å²) in [5.74, 6) is -0.249. The van der Waals surface area contributed by atoms with Gasteiger partial charge in [-0.05, 0) is 38.5 Å². The monoisotopic (exact) mass is 395 g/mol. The van der Waals surface area contributed by atoms with E-state index < -0.39 is 10.1 Å². The minimum atomic E-state index is -4.11. The molecule has 0 saturated carbocycles. The van der Waals surface area contributed by atoms with Crippen LogP contribution in [0.25, 0.3) is 0 Å². The van der Waals surface area contributed by atoms with Gasteiger partial charge < -0.3 is 18.5 Å². The lowest BCUT2D eigenvalue weighted by Gasteiger charge is -2.39. The molecule has 0 spiro atoms. The Morgan fingerprint density at radius 1 is 0.769 bits per heavy atom. The van der Waals surface area contributed by atoms with Crippen molar-refractivity contribution in [1.29, 1.82) is 0 Å². The number of ether oxygens (including phenoxy) is 2. The molecule has 6 nitrogen and oxygen atoms in total. The first-order chi connectivity index (χ1) is 12.4. The van der Waals surface area contributed by atoms with Gasteiger partial charge in [-0.1, -0.05) is 26.7 Å². The molecule has 0 atom stereocenters. The van der Waals surface area contributed by atoms with E-state index >= 15 is 0 Å². The predicted molar refractivity (Wildman–Crippen MR) is 105 cm³/mol. The third kappa shape index (κ3) is 14.9. The van der Waals surface area contributed by atoms with E-state index in [4.69, 9.17) is 9.47 Å². The van der Waals surface area contributed by atoms with Crippen LogP contribution in [0.4, 0.5) is 0 Å². The first kappa shape index (κ1) is 25.8. The summed E-state index contributed by atoms with van der Waals surface area (Å²) in [5.41, 5.74) is 0. The first-order valence-corrected chi connectivity index (χ1v) is 11.8. The minimum absolute atomic E-state index is 0.249. The zero-order valence-corrected chi connectivity index (χ0v) is 18.0. The summed E-state index contributed by atoms with van der Waals surface area (Å²) >= 11 is 0. The molecule has 0 aliphatic heterocycles. The van der Waals surface area contributed by atoms with Crippen molar-refractivity contribution in [1.82, 2.24) is 0 Å². The van der Waals surface area contributed by atoms with E-state index in [1.807, 2.05) is 0 Å². The van der Waals surface area contributed by atoms with Crippen molar-refractivity contribution in [2.45, 2.75) is 65.2 Å². The second kappa shape index (κ2) is 15.8. The molecule has 0 radical (unpaired) electrons. The first-order valence-electron chi connectivity index (χ1n) is 10.2. The van der Waals surface area contributed by atoms with Crippen LogP contribution in [0.3, 0.4) is 0 Å². The van der Waals surface area contributed by atoms with Gasteiger partial charge in [0.15, 0.2) is 0 Å². The van der Waals surface area contributed by atoms with Gasteiger partial charge in [-0.2, -0.15) is 0 Å². The average Bonchev–Trinajstić information content (AvgIpc) is 2.58. The van der Waals surface area contributed by atoms with Crippen LogP contribution < -0.4 is 0 Å². The molecule has 0 aromatic heterocycles. The second-order valence-corrected chi connectivity index (χ2v) is 8.75. The lowest BCUT2D eigenvalue weighted by Crippen LogP contribution is -2.52. The van der Waals surface area contributed by atoms with Crippen molar-refractivity contribution in [2.75, 3.05) is 58.9 Å². The molecule has 0 N–H and O–H groups in total. The van der Waals surface area contributed by atoms with E-state index in [1.165, 1.54) is 38.5 Å². The quantitative estimate of drug-likeness (QED) is 0.191. The van der Waals surface area contributed by atoms with Gasteiger partial charge in [-0.3, -0.25) is 0 Å². The Bertz CT molecular complexity index is 404. The van der Waals surface area contributed by atoms with E-state index in [2.05, 4.69) is 13.8 Å². The maximum atomic E-state index is 10.9. The zero-order valence-electron chi connectivity index (χ0n) is 17.2. The lowest BCUT2D eigenvalue weighted by molar-refractivity contribution is -0.929. The fraction of sp³-hybridized carbons (Fsp3) is 1.00. The van der Waals surface area contributed by atoms with Gasteiger partial charge in [0.1, 0.15) is 6.54 Å². The fourth-order valence-electron chi connectivity index (χ4n) is 3.29. The third-order valence-corrected chi connectivity index (χ3v) is 5.68. The number of rotatable bonds is 19. The van der Waals surface area contributed by atoms with Crippen molar-refractivity contribution >= 4 is 10.1 Å². The van der Waals surface area contributed by atoms with Crippen LogP contribution in [-0.2, 0) is 19.6 Å². The number of unbranched alkanes of at least 4 members (excludes halogenated alkanes) is 5. The van der Waals surface area contributed by atoms with Gasteiger partial charge >= 0.3 is 0 Å². The van der Waals surface area contributed by atoms with Crippen LogP contribution in [0.15, 0.2) is 0 Å². The van der Waals surface area contributed by atoms with Crippen LogP contribution >= 0.6 is 0 Å². The van der Waals surface area contributed by atoms with Crippen molar-refractivity contribution in [3.05, 3.63) is 0 Å². The number of hydrogen-bond acceptors (Lipinski definition) is 5. The predicted octanol–water partition coefficient (Wildman–Crippen LogP) is 3.17. The number of methoxy groups -OCH3 is 1. The van der Waals surface area contributed by atoms with Crippen molar-refractivity contribution in [2.24, 2.45) is 0 Å². The zero-order chi connectivity index (χ0) is 19.7. The van der Waals surface area contributed by atoms with Crippen molar-refractivity contribution < 1.29 is 26.9 Å². The Kier molecular flexibility index (Phi) is 15.7. The standard InChI is InChI=1S/C19H41NO5S/c1-4-6-8-12-20(13-9-7-5-2,15-16-25-18-17-24-3)14-10-11-19-26(21,22)23/h4-19H2,1-3H3. The van der Waals surface area contributed by atoms with Crippen LogP contribution in [0.2, 0.25) is 0 Å². The van der Waals surface area contributed by atoms with E-state index in [-0.39, 0.29) is 5.75 Å². The van der Waals surface area contributed by atoms with Gasteiger partial charge in [0.25, 0.3) is 0 Å². The van der Waals surface area contributed by atoms with Gasteiger partial charge in [0.05, 0.1) is 49.6 Å². The molecule has 26 heavy (non-hydrogen) atoms. The van der Waals surface area contributed by atoms with Crippen LogP contribution in [0, 0.1) is 0 Å². The lowest BCUT2D eigenvalue weighted by atomic mass is 10.1. The molecule has 7 heteroatoms. The molecule has 158 valence electrons. The second-order valence-electron chi connectivity index (χ2n) is 7.22. The van der Waals surface area contributed by atoms with Gasteiger partial charge in [-0.15, -0.1) is 0 Å². The molecule has 0 aromatic carbocycles. The van der Waals surface area contributed by atoms with Gasteiger partial charge in [0.2, 0.25) is 0 Å². The summed E-state index contributed by atoms with van der Waals surface area (Å²) in [6, 6.07) is 0. The summed E-state index contributed by atoms with van der Waals surface area (Å²) in [7, 11) is -2.44. The topological polar surface area (TPSA) is 75.7 Å². The molecule has 0 aliphatic rings. The Labute approximate surface area is 161 Å². The molecule has 0 aromatic rings. The molecule has 0 amide bonds. The van der Waals surface area contributed by atoms with Gasteiger partial charge in [0, 0.05) is 12.9 Å². The van der Waals surface area contributed by atoms with E-state index in [0.717, 1.165) is 37.1 Å². The highest BCUT2D eigenvalue weighted by molar-refractivity contribution is 7.85. The maximum absolute atomic E-state index is 10.9. The third-order valence-electron chi connectivity index (χ3n) is 4.89. The minimum Gasteiger partial charge on any atom is -0.748 e. The summed E-state index contributed by atoms with van der Waals surface area (Å²) in [6.07, 6.45) is 8.40. The molecule has 0 bridgehead atoms. The van der Waals surface area contributed by atoms with Crippen LogP contribution in [0.1, 0.15) is 65.2 Å². The SMILES string of the molecule is CCCCC[N+](CCCCC)(CCCCS(=O)(=O)[O-])CCOCCOC. The highest BCUT2D eigenvalue weighted by Gasteiger charge is 2.26. The summed E-state index contributed by atoms with van der Waals surface area (Å²) in [6.45, 7) is 10.4. The maximum Gasteiger partial charge on any atom is 0.102 e. The molecule has 0 heterocycles. The Morgan fingerprint density at radius 2 is 1.31 bits per heavy atom. The van der Waals surface area contributed by atoms with Gasteiger partial charge in [-0.25, -0.2) is 8.42 Å². The van der Waals surface area contributed by atoms with E-state index in [0.29, 0.717) is 26.2 Å². The molecule has 0 aliphatic carbocycles. The van der Waals surface area contributed by atoms with Crippen molar-refractivity contribution in [3.63, 3.8) is 0 Å². The molecular formula is C19H41NO5S. The normalized spacial score (nSPS) is 12.6. The summed E-state index contributed by atoms with van der Waals surface area (Å²) in [4.78, 5) is 0. The smallest absolute Gasteiger partial charge is 0.102 e. The van der Waals surface area contributed by atoms with Crippen LogP contribution in [0.5, 0.6) is 0 Å². The molecular weight excluding hydrogens is 354 g/mol. The van der Waals surface area contributed by atoms with Crippen LogP contribution in [-0.4, -0.2) is 76.3 Å². The molecule has 0 fully saturated rings. The summed E-state index contributed by atoms with van der Waals surface area (Å²) < 4.78 is 44.3. The van der Waals surface area contributed by atoms with E-state index in [9.17, 15) is 13.0 Å². The molecule has 0 unspecified atom stereocenters. The number of quaternary nitrogens is 1. The Hall–Kier alpha value is -0.210. The Morgan fingerprint density at radius 3 is 1.77 bits per heavy atom. The fourth-order valence-corrected chi connectivity index (χ4v) is 3.85. The molecule has 0 saturated heterocycles. The highest BCUT2D eigenvalue weighted by atomic mass is 32.2. The Balaban J connectivity index is 4.73. The van der Waals surface area contributed by atoms with Crippen molar-refractivity contribution in [3.8, 4) is 0 Å².